The minimum absolute atomic E-state index is 0.769. The molecule has 106 valence electrons. The van der Waals surface area contributed by atoms with Gasteiger partial charge in [-0.25, -0.2) is 0 Å². The highest BCUT2D eigenvalue weighted by Gasteiger charge is 2.02. The van der Waals surface area contributed by atoms with Crippen LogP contribution in [0, 0.1) is 0 Å². The second-order valence-corrected chi connectivity index (χ2v) is 5.18. The summed E-state index contributed by atoms with van der Waals surface area (Å²) in [7, 11) is 3.30. The average molecular weight is 289 g/mol. The highest BCUT2D eigenvalue weighted by Crippen LogP contribution is 2.26. The van der Waals surface area contributed by atoms with Gasteiger partial charge in [-0.2, -0.15) is 0 Å². The fourth-order valence-electron chi connectivity index (χ4n) is 1.86. The molecule has 0 aliphatic rings. The fraction of sp³-hybridized carbons (Fsp3) is 0.250. The van der Waals surface area contributed by atoms with Gasteiger partial charge in [-0.05, 0) is 24.0 Å². The van der Waals surface area contributed by atoms with Crippen molar-refractivity contribution in [3.8, 4) is 11.5 Å². The summed E-state index contributed by atoms with van der Waals surface area (Å²) in [5, 5.41) is 3.38. The molecule has 0 bridgehead atoms. The van der Waals surface area contributed by atoms with E-state index >= 15 is 0 Å². The molecule has 4 heteroatoms. The summed E-state index contributed by atoms with van der Waals surface area (Å²) in [6.45, 7) is 0.769. The molecule has 20 heavy (non-hydrogen) atoms. The van der Waals surface area contributed by atoms with Crippen LogP contribution in [-0.2, 0) is 6.54 Å². The second kappa shape index (κ2) is 7.10. The first-order valence-corrected chi connectivity index (χ1v) is 7.57. The van der Waals surface area contributed by atoms with E-state index in [1.807, 2.05) is 18.2 Å². The molecular formula is C16H19NO2S. The zero-order valence-corrected chi connectivity index (χ0v) is 12.8. The Morgan fingerprint density at radius 1 is 0.950 bits per heavy atom. The lowest BCUT2D eigenvalue weighted by molar-refractivity contribution is 0.394. The zero-order chi connectivity index (χ0) is 14.4. The minimum atomic E-state index is 0.769. The monoisotopic (exact) mass is 289 g/mol. The van der Waals surface area contributed by atoms with Gasteiger partial charge in [-0.3, -0.25) is 0 Å². The van der Waals surface area contributed by atoms with Crippen molar-refractivity contribution in [1.29, 1.82) is 0 Å². The second-order valence-electron chi connectivity index (χ2n) is 4.30. The Kier molecular flexibility index (Phi) is 5.18. The van der Waals surface area contributed by atoms with E-state index in [1.165, 1.54) is 10.5 Å². The van der Waals surface area contributed by atoms with Crippen LogP contribution in [0.2, 0.25) is 0 Å². The van der Waals surface area contributed by atoms with E-state index in [4.69, 9.17) is 9.47 Å². The molecule has 1 N–H and O–H groups in total. The molecule has 0 radical (unpaired) electrons. The molecule has 0 spiro atoms. The van der Waals surface area contributed by atoms with E-state index in [2.05, 4.69) is 35.8 Å². The van der Waals surface area contributed by atoms with E-state index < -0.39 is 0 Å². The number of anilines is 1. The predicted molar refractivity (Wildman–Crippen MR) is 85.1 cm³/mol. The Balaban J connectivity index is 2.05. The highest BCUT2D eigenvalue weighted by molar-refractivity contribution is 7.98. The SMILES string of the molecule is COc1cc(NCc2ccc(SC)cc2)cc(OC)c1. The molecule has 0 unspecified atom stereocenters. The Bertz CT molecular complexity index is 533. The van der Waals surface area contributed by atoms with Crippen molar-refractivity contribution in [3.05, 3.63) is 48.0 Å². The van der Waals surface area contributed by atoms with Crippen LogP contribution in [0.4, 0.5) is 5.69 Å². The van der Waals surface area contributed by atoms with Crippen molar-refractivity contribution >= 4 is 17.4 Å². The van der Waals surface area contributed by atoms with E-state index in [-0.39, 0.29) is 0 Å². The number of ether oxygens (including phenoxy) is 2. The van der Waals surface area contributed by atoms with Gasteiger partial charge in [0.05, 0.1) is 14.2 Å². The van der Waals surface area contributed by atoms with Gasteiger partial charge in [0.2, 0.25) is 0 Å². The number of hydrogen-bond acceptors (Lipinski definition) is 4. The van der Waals surface area contributed by atoms with Crippen LogP contribution < -0.4 is 14.8 Å². The zero-order valence-electron chi connectivity index (χ0n) is 12.0. The van der Waals surface area contributed by atoms with Gasteiger partial charge in [0.25, 0.3) is 0 Å². The third-order valence-corrected chi connectivity index (χ3v) is 3.75. The predicted octanol–water partition coefficient (Wildman–Crippen LogP) is 4.04. The van der Waals surface area contributed by atoms with Crippen LogP contribution in [0.3, 0.4) is 0 Å². The Hall–Kier alpha value is -1.81. The van der Waals surface area contributed by atoms with E-state index in [0.717, 1.165) is 23.7 Å². The highest BCUT2D eigenvalue weighted by atomic mass is 32.2. The molecule has 0 atom stereocenters. The van der Waals surface area contributed by atoms with Gasteiger partial charge in [0.1, 0.15) is 11.5 Å². The topological polar surface area (TPSA) is 30.5 Å². The van der Waals surface area contributed by atoms with Crippen molar-refractivity contribution in [2.45, 2.75) is 11.4 Å². The third-order valence-electron chi connectivity index (χ3n) is 3.01. The van der Waals surface area contributed by atoms with Crippen molar-refractivity contribution in [2.24, 2.45) is 0 Å². The van der Waals surface area contributed by atoms with Crippen molar-refractivity contribution in [2.75, 3.05) is 25.8 Å². The van der Waals surface area contributed by atoms with Gasteiger partial charge in [0.15, 0.2) is 0 Å². The molecule has 0 saturated carbocycles. The fourth-order valence-corrected chi connectivity index (χ4v) is 2.27. The van der Waals surface area contributed by atoms with Crippen molar-refractivity contribution in [1.82, 2.24) is 0 Å². The molecular weight excluding hydrogens is 270 g/mol. The van der Waals surface area contributed by atoms with Gasteiger partial charge in [-0.15, -0.1) is 11.8 Å². The molecule has 0 aliphatic carbocycles. The quantitative estimate of drug-likeness (QED) is 0.813. The van der Waals surface area contributed by atoms with Crippen molar-refractivity contribution in [3.63, 3.8) is 0 Å². The van der Waals surface area contributed by atoms with Crippen LogP contribution in [-0.4, -0.2) is 20.5 Å². The summed E-state index contributed by atoms with van der Waals surface area (Å²) in [4.78, 5) is 1.27. The molecule has 0 aromatic heterocycles. The minimum Gasteiger partial charge on any atom is -0.497 e. The van der Waals surface area contributed by atoms with Crippen LogP contribution in [0.25, 0.3) is 0 Å². The van der Waals surface area contributed by atoms with Gasteiger partial charge < -0.3 is 14.8 Å². The maximum atomic E-state index is 5.26. The number of benzene rings is 2. The normalized spacial score (nSPS) is 10.2. The van der Waals surface area contributed by atoms with Gasteiger partial charge in [-0.1, -0.05) is 12.1 Å². The smallest absolute Gasteiger partial charge is 0.124 e. The summed E-state index contributed by atoms with van der Waals surface area (Å²) in [5.74, 6) is 1.56. The lowest BCUT2D eigenvalue weighted by Gasteiger charge is -2.11. The first kappa shape index (κ1) is 14.6. The maximum Gasteiger partial charge on any atom is 0.124 e. The van der Waals surface area contributed by atoms with Crippen molar-refractivity contribution < 1.29 is 9.47 Å². The Morgan fingerprint density at radius 3 is 2.05 bits per heavy atom. The van der Waals surface area contributed by atoms with Crippen LogP contribution in [0.1, 0.15) is 5.56 Å². The summed E-state index contributed by atoms with van der Waals surface area (Å²) in [6.07, 6.45) is 2.08. The summed E-state index contributed by atoms with van der Waals surface area (Å²) in [5.41, 5.74) is 2.22. The molecule has 2 aromatic carbocycles. The summed E-state index contributed by atoms with van der Waals surface area (Å²) in [6, 6.07) is 14.3. The largest absolute Gasteiger partial charge is 0.497 e. The number of thioether (sulfide) groups is 1. The molecule has 0 aliphatic heterocycles. The molecule has 3 nitrogen and oxygen atoms in total. The Morgan fingerprint density at radius 2 is 1.55 bits per heavy atom. The standard InChI is InChI=1S/C16H19NO2S/c1-18-14-8-13(9-15(10-14)19-2)17-11-12-4-6-16(20-3)7-5-12/h4-10,17H,11H2,1-3H3. The first-order chi connectivity index (χ1) is 9.75. The van der Waals surface area contributed by atoms with E-state index in [0.29, 0.717) is 0 Å². The summed E-state index contributed by atoms with van der Waals surface area (Å²) >= 11 is 1.75. The first-order valence-electron chi connectivity index (χ1n) is 6.35. The van der Waals surface area contributed by atoms with Crippen LogP contribution >= 0.6 is 11.8 Å². The van der Waals surface area contributed by atoms with E-state index in [9.17, 15) is 0 Å². The third kappa shape index (κ3) is 3.84. The molecule has 0 fully saturated rings. The number of nitrogens with one attached hydrogen (secondary N) is 1. The lowest BCUT2D eigenvalue weighted by Crippen LogP contribution is -2.00. The molecule has 0 heterocycles. The number of rotatable bonds is 6. The van der Waals surface area contributed by atoms with Gasteiger partial charge >= 0.3 is 0 Å². The molecule has 2 rings (SSSR count). The number of hydrogen-bond donors (Lipinski definition) is 1. The maximum absolute atomic E-state index is 5.26. The van der Waals surface area contributed by atoms with Crippen LogP contribution in [0.15, 0.2) is 47.4 Å². The Labute approximate surface area is 124 Å². The molecule has 0 saturated heterocycles. The van der Waals surface area contributed by atoms with Gasteiger partial charge in [0, 0.05) is 35.3 Å². The molecule has 0 amide bonds. The average Bonchev–Trinajstić information content (AvgIpc) is 2.53. The van der Waals surface area contributed by atoms with Crippen LogP contribution in [0.5, 0.6) is 11.5 Å². The molecule has 2 aromatic rings. The lowest BCUT2D eigenvalue weighted by atomic mass is 10.2. The van der Waals surface area contributed by atoms with E-state index in [1.54, 1.807) is 26.0 Å². The number of methoxy groups -OCH3 is 2. The summed E-state index contributed by atoms with van der Waals surface area (Å²) < 4.78 is 10.5.